The standard InChI is InChI=1S/C7H12N4.C2H6.V/c1-11-3-2-6(8)10-7(11)4-9-5-7;1-2;/h2-3,9H,4-5H2,1H3,(H2,8,10);1-2H3;. The largest absolute Gasteiger partial charge is 0.384 e. The van der Waals surface area contributed by atoms with Crippen molar-refractivity contribution in [2.24, 2.45) is 10.7 Å². The molecule has 0 aromatic carbocycles. The van der Waals surface area contributed by atoms with Crippen LogP contribution in [0.3, 0.4) is 0 Å². The Kier molecular flexibility index (Phi) is 5.27. The first-order chi connectivity index (χ1) is 6.23. The number of rotatable bonds is 0. The predicted octanol–water partition coefficient (Wildman–Crippen LogP) is 0.126. The summed E-state index contributed by atoms with van der Waals surface area (Å²) in [7, 11) is 2.02. The molecule has 2 aliphatic rings. The maximum Gasteiger partial charge on any atom is 0.158 e. The van der Waals surface area contributed by atoms with Crippen LogP contribution in [0.1, 0.15) is 13.8 Å². The Morgan fingerprint density at radius 2 is 2.07 bits per heavy atom. The minimum atomic E-state index is -0.0706. The molecule has 0 atom stereocenters. The van der Waals surface area contributed by atoms with Gasteiger partial charge in [0.25, 0.3) is 0 Å². The molecule has 0 amide bonds. The van der Waals surface area contributed by atoms with Gasteiger partial charge in [0.05, 0.1) is 0 Å². The van der Waals surface area contributed by atoms with E-state index in [1.165, 1.54) is 0 Å². The van der Waals surface area contributed by atoms with Crippen LogP contribution in [0.2, 0.25) is 0 Å². The van der Waals surface area contributed by atoms with Crippen LogP contribution in [0.4, 0.5) is 0 Å². The zero-order valence-corrected chi connectivity index (χ0v) is 10.4. The van der Waals surface area contributed by atoms with E-state index in [-0.39, 0.29) is 24.2 Å². The molecule has 0 aliphatic carbocycles. The number of nitrogens with zero attached hydrogens (tertiary/aromatic N) is 2. The van der Waals surface area contributed by atoms with Crippen LogP contribution in [-0.2, 0) is 18.6 Å². The number of amidine groups is 1. The van der Waals surface area contributed by atoms with Crippen molar-refractivity contribution in [3.05, 3.63) is 12.3 Å². The summed E-state index contributed by atoms with van der Waals surface area (Å²) in [4.78, 5) is 6.47. The molecule has 0 aromatic rings. The molecule has 1 spiro atoms. The van der Waals surface area contributed by atoms with Gasteiger partial charge in [0.2, 0.25) is 0 Å². The Bertz CT molecular complexity index is 233. The summed E-state index contributed by atoms with van der Waals surface area (Å²) < 4.78 is 0. The monoisotopic (exact) mass is 233 g/mol. The Balaban J connectivity index is 0.000000531. The Labute approximate surface area is 97.5 Å². The van der Waals surface area contributed by atoms with Crippen molar-refractivity contribution in [3.8, 4) is 0 Å². The summed E-state index contributed by atoms with van der Waals surface area (Å²) in [6, 6.07) is 0. The van der Waals surface area contributed by atoms with E-state index >= 15 is 0 Å². The van der Waals surface area contributed by atoms with Crippen LogP contribution in [0.25, 0.3) is 0 Å². The van der Waals surface area contributed by atoms with Gasteiger partial charge in [-0.15, -0.1) is 0 Å². The first kappa shape index (κ1) is 13.6. The molecule has 0 aromatic heterocycles. The molecule has 1 fully saturated rings. The van der Waals surface area contributed by atoms with E-state index in [9.17, 15) is 0 Å². The van der Waals surface area contributed by atoms with Gasteiger partial charge in [0, 0.05) is 44.9 Å². The van der Waals surface area contributed by atoms with Crippen molar-refractivity contribution in [1.82, 2.24) is 10.2 Å². The summed E-state index contributed by atoms with van der Waals surface area (Å²) in [6.45, 7) is 5.79. The molecular formula is C9H18N4V. The van der Waals surface area contributed by atoms with E-state index in [1.807, 2.05) is 33.2 Å². The fourth-order valence-electron chi connectivity index (χ4n) is 1.36. The number of hydrogen-bond acceptors (Lipinski definition) is 4. The molecule has 3 N–H and O–H groups in total. The third-order valence-corrected chi connectivity index (χ3v) is 2.28. The van der Waals surface area contributed by atoms with Gasteiger partial charge in [-0.3, -0.25) is 0 Å². The third-order valence-electron chi connectivity index (χ3n) is 2.28. The van der Waals surface area contributed by atoms with Crippen LogP contribution < -0.4 is 11.1 Å². The van der Waals surface area contributed by atoms with Gasteiger partial charge in [-0.2, -0.15) is 0 Å². The third kappa shape index (κ3) is 2.32. The van der Waals surface area contributed by atoms with Crippen molar-refractivity contribution >= 4 is 5.84 Å². The van der Waals surface area contributed by atoms with Crippen LogP contribution in [-0.4, -0.2) is 36.5 Å². The normalized spacial score (nSPS) is 21.4. The number of likely N-dealkylation sites (N-methyl/N-ethyl adjacent to an activating group) is 1. The maximum absolute atomic E-state index is 5.59. The fraction of sp³-hybridized carbons (Fsp3) is 0.667. The molecule has 2 aliphatic heterocycles. The van der Waals surface area contributed by atoms with E-state index < -0.39 is 0 Å². The fourth-order valence-corrected chi connectivity index (χ4v) is 1.36. The van der Waals surface area contributed by atoms with E-state index in [4.69, 9.17) is 5.73 Å². The first-order valence-electron chi connectivity index (χ1n) is 4.70. The van der Waals surface area contributed by atoms with Crippen molar-refractivity contribution in [2.45, 2.75) is 19.5 Å². The minimum Gasteiger partial charge on any atom is -0.384 e. The second-order valence-electron chi connectivity index (χ2n) is 3.05. The Morgan fingerprint density at radius 1 is 1.50 bits per heavy atom. The molecule has 5 heteroatoms. The Hall–Kier alpha value is -0.446. The second kappa shape index (κ2) is 5.44. The number of aliphatic imine (C=N–C) groups is 1. The molecular weight excluding hydrogens is 215 g/mol. The maximum atomic E-state index is 5.59. The first-order valence-corrected chi connectivity index (χ1v) is 4.70. The molecule has 0 bridgehead atoms. The molecule has 2 heterocycles. The van der Waals surface area contributed by atoms with Crippen molar-refractivity contribution in [1.29, 1.82) is 0 Å². The zero-order valence-electron chi connectivity index (χ0n) is 8.99. The van der Waals surface area contributed by atoms with E-state index in [0.29, 0.717) is 5.84 Å². The topological polar surface area (TPSA) is 53.6 Å². The summed E-state index contributed by atoms with van der Waals surface area (Å²) >= 11 is 0. The summed E-state index contributed by atoms with van der Waals surface area (Å²) in [5, 5.41) is 3.18. The summed E-state index contributed by atoms with van der Waals surface area (Å²) in [5.41, 5.74) is 5.52. The quantitative estimate of drug-likeness (QED) is 0.625. The molecule has 0 unspecified atom stereocenters. The predicted molar refractivity (Wildman–Crippen MR) is 55.5 cm³/mol. The van der Waals surface area contributed by atoms with E-state index in [1.54, 1.807) is 0 Å². The smallest absolute Gasteiger partial charge is 0.158 e. The van der Waals surface area contributed by atoms with E-state index in [2.05, 4.69) is 15.2 Å². The van der Waals surface area contributed by atoms with Crippen LogP contribution in [0.5, 0.6) is 0 Å². The summed E-state index contributed by atoms with van der Waals surface area (Å²) in [5.74, 6) is 0.629. The van der Waals surface area contributed by atoms with Gasteiger partial charge < -0.3 is 16.0 Å². The average Bonchev–Trinajstić information content (AvgIpc) is 2.10. The molecule has 2 rings (SSSR count). The van der Waals surface area contributed by atoms with Gasteiger partial charge in [-0.25, -0.2) is 4.99 Å². The molecule has 79 valence electrons. The molecule has 14 heavy (non-hydrogen) atoms. The van der Waals surface area contributed by atoms with Gasteiger partial charge in [0.15, 0.2) is 5.66 Å². The zero-order chi connectivity index (χ0) is 9.90. The molecule has 4 nitrogen and oxygen atoms in total. The van der Waals surface area contributed by atoms with Crippen LogP contribution in [0.15, 0.2) is 17.3 Å². The van der Waals surface area contributed by atoms with Gasteiger partial charge >= 0.3 is 0 Å². The Morgan fingerprint density at radius 3 is 2.43 bits per heavy atom. The average molecular weight is 233 g/mol. The SMILES string of the molecule is CC.CN1C=CC(N)=NC12CNC2.[V]. The summed E-state index contributed by atoms with van der Waals surface area (Å²) in [6.07, 6.45) is 3.80. The van der Waals surface area contributed by atoms with E-state index in [0.717, 1.165) is 13.1 Å². The molecule has 0 saturated carbocycles. The van der Waals surface area contributed by atoms with Crippen molar-refractivity contribution in [2.75, 3.05) is 20.1 Å². The second-order valence-corrected chi connectivity index (χ2v) is 3.05. The van der Waals surface area contributed by atoms with Gasteiger partial charge in [0.1, 0.15) is 5.84 Å². The van der Waals surface area contributed by atoms with Crippen molar-refractivity contribution in [3.63, 3.8) is 0 Å². The van der Waals surface area contributed by atoms with Gasteiger partial charge in [-0.05, 0) is 6.08 Å². The number of nitrogens with two attached hydrogens (primary N) is 1. The number of nitrogens with one attached hydrogen (secondary N) is 1. The van der Waals surface area contributed by atoms with Crippen LogP contribution >= 0.6 is 0 Å². The molecule has 1 saturated heterocycles. The molecule has 1 radical (unpaired) electrons. The van der Waals surface area contributed by atoms with Crippen LogP contribution in [0, 0.1) is 0 Å². The number of hydrogen-bond donors (Lipinski definition) is 2. The van der Waals surface area contributed by atoms with Gasteiger partial charge in [-0.1, -0.05) is 13.8 Å². The minimum absolute atomic E-state index is 0. The van der Waals surface area contributed by atoms with Crippen molar-refractivity contribution < 1.29 is 18.6 Å².